The highest BCUT2D eigenvalue weighted by Crippen LogP contribution is 2.27. The fourth-order valence-corrected chi connectivity index (χ4v) is 2.06. The zero-order valence-corrected chi connectivity index (χ0v) is 10.7. The van der Waals surface area contributed by atoms with Crippen molar-refractivity contribution in [2.45, 2.75) is 31.3 Å². The zero-order valence-electron chi connectivity index (χ0n) is 10.7. The lowest BCUT2D eigenvalue weighted by Crippen LogP contribution is -2.29. The minimum absolute atomic E-state index is 0.0891. The molecule has 2 heterocycles. The van der Waals surface area contributed by atoms with E-state index in [2.05, 4.69) is 16.9 Å². The Morgan fingerprint density at radius 1 is 1.60 bits per heavy atom. The Kier molecular flexibility index (Phi) is 4.24. The number of hydrogen-bond acceptors (Lipinski definition) is 7. The van der Waals surface area contributed by atoms with E-state index in [4.69, 9.17) is 21.3 Å². The summed E-state index contributed by atoms with van der Waals surface area (Å²) in [5.41, 5.74) is 10.7. The van der Waals surface area contributed by atoms with Crippen LogP contribution in [0.3, 0.4) is 0 Å². The van der Waals surface area contributed by atoms with Gasteiger partial charge in [0.1, 0.15) is 18.1 Å². The normalized spacial score (nSPS) is 25.2. The van der Waals surface area contributed by atoms with Crippen LogP contribution in [0.4, 0.5) is 5.82 Å². The predicted molar refractivity (Wildman–Crippen MR) is 70.2 cm³/mol. The average molecular weight is 280 g/mol. The van der Waals surface area contributed by atoms with Crippen LogP contribution in [0.25, 0.3) is 0 Å². The molecule has 6 N–H and O–H groups in total. The second kappa shape index (κ2) is 5.92. The molecule has 0 aliphatic carbocycles. The van der Waals surface area contributed by atoms with Crippen LogP contribution in [0.5, 0.6) is 0 Å². The number of ether oxygens (including phenoxy) is 1. The van der Waals surface area contributed by atoms with Crippen LogP contribution in [0, 0.1) is 12.0 Å². The number of aliphatic hydroxyl groups excluding tert-OH is 2. The first kappa shape index (κ1) is 14.3. The molecule has 0 saturated carbocycles. The van der Waals surface area contributed by atoms with E-state index in [1.807, 2.05) is 0 Å². The third-order valence-electron chi connectivity index (χ3n) is 3.14. The smallest absolute Gasteiger partial charge is 0.351 e. The highest BCUT2D eigenvalue weighted by molar-refractivity contribution is 5.39. The van der Waals surface area contributed by atoms with Crippen LogP contribution in [0.15, 0.2) is 11.0 Å². The minimum atomic E-state index is -0.832. The second-order valence-electron chi connectivity index (χ2n) is 4.45. The number of aromatic nitrogens is 2. The monoisotopic (exact) mass is 280 g/mol. The molecule has 1 fully saturated rings. The van der Waals surface area contributed by atoms with Gasteiger partial charge < -0.3 is 26.4 Å². The summed E-state index contributed by atoms with van der Waals surface area (Å²) >= 11 is 0. The van der Waals surface area contributed by atoms with E-state index in [1.54, 1.807) is 0 Å². The van der Waals surface area contributed by atoms with Gasteiger partial charge in [0, 0.05) is 30.6 Å². The van der Waals surface area contributed by atoms with Crippen molar-refractivity contribution in [2.75, 3.05) is 12.3 Å². The second-order valence-corrected chi connectivity index (χ2v) is 4.45. The Bertz CT molecular complexity index is 604. The number of rotatable bonds is 3. The number of hydrogen-bond donors (Lipinski definition) is 4. The summed E-state index contributed by atoms with van der Waals surface area (Å²) in [6.45, 7) is -0.319. The first-order valence-electron chi connectivity index (χ1n) is 6.07. The first-order valence-corrected chi connectivity index (χ1v) is 6.07. The van der Waals surface area contributed by atoms with Crippen LogP contribution in [0.1, 0.15) is 18.2 Å². The first-order chi connectivity index (χ1) is 9.56. The maximum absolute atomic E-state index is 11.8. The lowest BCUT2D eigenvalue weighted by Gasteiger charge is -2.15. The number of nitrogens with zero attached hydrogens (tertiary/aromatic N) is 2. The van der Waals surface area contributed by atoms with Gasteiger partial charge in [-0.15, -0.1) is 0 Å². The van der Waals surface area contributed by atoms with Gasteiger partial charge in [-0.25, -0.2) is 4.79 Å². The quantitative estimate of drug-likeness (QED) is 0.368. The Labute approximate surface area is 115 Å². The van der Waals surface area contributed by atoms with Gasteiger partial charge in [-0.05, 0) is 0 Å². The number of nitrogens with two attached hydrogens (primary N) is 2. The van der Waals surface area contributed by atoms with Crippen LogP contribution >= 0.6 is 0 Å². The molecular formula is C12H16N4O4. The fraction of sp³-hybridized carbons (Fsp3) is 0.500. The van der Waals surface area contributed by atoms with Gasteiger partial charge in [0.25, 0.3) is 0 Å². The molecule has 108 valence electrons. The summed E-state index contributed by atoms with van der Waals surface area (Å²) in [5, 5.41) is 18.7. The molecular weight excluding hydrogens is 264 g/mol. The molecule has 8 nitrogen and oxygen atoms in total. The van der Waals surface area contributed by atoms with E-state index in [-0.39, 0.29) is 25.3 Å². The third-order valence-corrected chi connectivity index (χ3v) is 3.14. The molecule has 0 radical (unpaired) electrons. The average Bonchev–Trinajstić information content (AvgIpc) is 2.79. The SMILES string of the molecule is NC#CCc1cn([C@H]2C[C@H](O)[C@@H](CO)O2)c(=O)nc1N. The van der Waals surface area contributed by atoms with Crippen molar-refractivity contribution in [1.82, 2.24) is 9.55 Å². The van der Waals surface area contributed by atoms with Crippen molar-refractivity contribution in [3.05, 3.63) is 22.2 Å². The van der Waals surface area contributed by atoms with E-state index in [1.165, 1.54) is 10.8 Å². The predicted octanol–water partition coefficient (Wildman–Crippen LogP) is -2.07. The molecule has 0 unspecified atom stereocenters. The van der Waals surface area contributed by atoms with Crippen LogP contribution in [-0.2, 0) is 11.2 Å². The third kappa shape index (κ3) is 2.75. The van der Waals surface area contributed by atoms with E-state index in [0.717, 1.165) is 0 Å². The summed E-state index contributed by atoms with van der Waals surface area (Å²) in [7, 11) is 0. The Morgan fingerprint density at radius 3 is 2.95 bits per heavy atom. The molecule has 1 aromatic heterocycles. The highest BCUT2D eigenvalue weighted by atomic mass is 16.5. The van der Waals surface area contributed by atoms with Crippen LogP contribution in [0.2, 0.25) is 0 Å². The van der Waals surface area contributed by atoms with Crippen molar-refractivity contribution >= 4 is 5.82 Å². The van der Waals surface area contributed by atoms with Crippen molar-refractivity contribution in [2.24, 2.45) is 5.73 Å². The van der Waals surface area contributed by atoms with E-state index in [0.29, 0.717) is 5.56 Å². The van der Waals surface area contributed by atoms with Crippen molar-refractivity contribution in [3.8, 4) is 12.0 Å². The molecule has 20 heavy (non-hydrogen) atoms. The summed E-state index contributed by atoms with van der Waals surface area (Å²) in [4.78, 5) is 15.5. The van der Waals surface area contributed by atoms with Crippen molar-refractivity contribution in [3.63, 3.8) is 0 Å². The van der Waals surface area contributed by atoms with Crippen LogP contribution < -0.4 is 17.2 Å². The van der Waals surface area contributed by atoms with Gasteiger partial charge in [0.15, 0.2) is 0 Å². The topological polar surface area (TPSA) is 137 Å². The molecule has 8 heteroatoms. The lowest BCUT2D eigenvalue weighted by atomic mass is 10.2. The number of anilines is 1. The van der Waals surface area contributed by atoms with E-state index >= 15 is 0 Å². The van der Waals surface area contributed by atoms with Crippen LogP contribution in [-0.4, -0.2) is 38.6 Å². The van der Waals surface area contributed by atoms with E-state index < -0.39 is 24.1 Å². The molecule has 1 aromatic rings. The molecule has 1 aliphatic rings. The molecule has 1 saturated heterocycles. The molecule has 2 rings (SSSR count). The zero-order chi connectivity index (χ0) is 14.7. The molecule has 1 aliphatic heterocycles. The Balaban J connectivity index is 2.31. The number of aliphatic hydroxyl groups is 2. The largest absolute Gasteiger partial charge is 0.394 e. The lowest BCUT2D eigenvalue weighted by molar-refractivity contribution is -0.0459. The molecule has 0 spiro atoms. The fourth-order valence-electron chi connectivity index (χ4n) is 2.06. The van der Waals surface area contributed by atoms with Gasteiger partial charge in [0.05, 0.1) is 12.7 Å². The van der Waals surface area contributed by atoms with Gasteiger partial charge >= 0.3 is 5.69 Å². The van der Waals surface area contributed by atoms with Gasteiger partial charge in [-0.1, -0.05) is 5.92 Å². The Morgan fingerprint density at radius 2 is 2.35 bits per heavy atom. The molecule has 3 atom stereocenters. The summed E-state index contributed by atoms with van der Waals surface area (Å²) in [6, 6.07) is 2.25. The highest BCUT2D eigenvalue weighted by Gasteiger charge is 2.35. The van der Waals surface area contributed by atoms with E-state index in [9.17, 15) is 9.90 Å². The number of nitrogen functional groups attached to an aromatic ring is 1. The summed E-state index contributed by atoms with van der Waals surface area (Å²) < 4.78 is 6.65. The summed E-state index contributed by atoms with van der Waals surface area (Å²) in [6.07, 6.45) is -0.287. The maximum Gasteiger partial charge on any atom is 0.351 e. The van der Waals surface area contributed by atoms with Gasteiger partial charge in [0.2, 0.25) is 0 Å². The Hall–Kier alpha value is -2.08. The maximum atomic E-state index is 11.8. The van der Waals surface area contributed by atoms with Gasteiger partial charge in [-0.3, -0.25) is 4.57 Å². The van der Waals surface area contributed by atoms with Crippen molar-refractivity contribution < 1.29 is 14.9 Å². The van der Waals surface area contributed by atoms with Crippen molar-refractivity contribution in [1.29, 1.82) is 0 Å². The molecule has 0 aromatic carbocycles. The molecule has 0 amide bonds. The molecule has 0 bridgehead atoms. The minimum Gasteiger partial charge on any atom is -0.394 e. The standard InChI is InChI=1S/C12H16N4O4/c13-3-1-2-7-5-16(12(19)15-11(7)14)10-4-8(18)9(6-17)20-10/h5,8-10,17-18H,2,4,6,13H2,(H2,14,15,19)/t8-,9+,10+/m0/s1. The van der Waals surface area contributed by atoms with Gasteiger partial charge in [-0.2, -0.15) is 4.98 Å². The summed E-state index contributed by atoms with van der Waals surface area (Å²) in [5.74, 6) is 2.72.